The number of rotatable bonds is 11. The lowest BCUT2D eigenvalue weighted by Gasteiger charge is -2.20. The molecule has 0 heterocycles. The van der Waals surface area contributed by atoms with Crippen LogP contribution in [0.1, 0.15) is 49.4 Å². The van der Waals surface area contributed by atoms with Gasteiger partial charge in [0.05, 0.1) is 11.1 Å². The summed E-state index contributed by atoms with van der Waals surface area (Å²) in [5.74, 6) is 1.42. The molecule has 5 heteroatoms. The second kappa shape index (κ2) is 12.1. The van der Waals surface area contributed by atoms with E-state index in [2.05, 4.69) is 70.6 Å². The summed E-state index contributed by atoms with van der Waals surface area (Å²) in [5, 5.41) is 4.39. The van der Waals surface area contributed by atoms with E-state index < -0.39 is 0 Å². The van der Waals surface area contributed by atoms with Crippen LogP contribution in [0.3, 0.4) is 0 Å². The van der Waals surface area contributed by atoms with Crippen LogP contribution >= 0.6 is 27.5 Å². The first kappa shape index (κ1) is 23.6. The second-order valence-corrected chi connectivity index (χ2v) is 8.61. The first-order valence-corrected chi connectivity index (χ1v) is 11.9. The van der Waals surface area contributed by atoms with Gasteiger partial charge in [0, 0.05) is 23.2 Å². The standard InChI is InChI=1S/C26H29BrClNO2/c1-3-10-24(20-11-6-5-7-12-20)29-17-19-15-22(27)26(25(16-19)30-4-2)31-18-21-13-8-9-14-23(21)28/h5-9,11-16,24,29H,3-4,10,17-18H2,1-2H3. The van der Waals surface area contributed by atoms with E-state index in [9.17, 15) is 0 Å². The normalized spacial score (nSPS) is 11.9. The van der Waals surface area contributed by atoms with Crippen molar-refractivity contribution >= 4 is 27.5 Å². The fourth-order valence-corrected chi connectivity index (χ4v) is 4.29. The summed E-state index contributed by atoms with van der Waals surface area (Å²) in [5.41, 5.74) is 3.39. The molecule has 0 saturated heterocycles. The highest BCUT2D eigenvalue weighted by molar-refractivity contribution is 9.10. The molecule has 1 unspecified atom stereocenters. The fraction of sp³-hybridized carbons (Fsp3) is 0.308. The van der Waals surface area contributed by atoms with Gasteiger partial charge in [-0.1, -0.05) is 73.5 Å². The number of hydrogen-bond donors (Lipinski definition) is 1. The molecule has 0 aromatic heterocycles. The predicted molar refractivity (Wildman–Crippen MR) is 132 cm³/mol. The molecule has 0 aliphatic heterocycles. The van der Waals surface area contributed by atoms with E-state index in [0.717, 1.165) is 40.7 Å². The molecule has 3 rings (SSSR count). The predicted octanol–water partition coefficient (Wildman–Crippen LogP) is 7.71. The highest BCUT2D eigenvalue weighted by atomic mass is 79.9. The van der Waals surface area contributed by atoms with Gasteiger partial charge in [0.1, 0.15) is 6.61 Å². The maximum Gasteiger partial charge on any atom is 0.175 e. The molecule has 3 nitrogen and oxygen atoms in total. The smallest absolute Gasteiger partial charge is 0.175 e. The van der Waals surface area contributed by atoms with Gasteiger partial charge in [-0.3, -0.25) is 0 Å². The first-order chi connectivity index (χ1) is 15.1. The first-order valence-electron chi connectivity index (χ1n) is 10.7. The van der Waals surface area contributed by atoms with E-state index in [1.54, 1.807) is 0 Å². The zero-order valence-corrected chi connectivity index (χ0v) is 20.4. The Morgan fingerprint density at radius 2 is 1.71 bits per heavy atom. The molecule has 0 radical (unpaired) electrons. The molecule has 3 aromatic carbocycles. The Balaban J connectivity index is 1.75. The van der Waals surface area contributed by atoms with Crippen molar-refractivity contribution in [3.63, 3.8) is 0 Å². The molecule has 0 amide bonds. The summed E-state index contributed by atoms with van der Waals surface area (Å²) in [6.07, 6.45) is 2.21. The third kappa shape index (κ3) is 6.73. The van der Waals surface area contributed by atoms with Gasteiger partial charge in [-0.25, -0.2) is 0 Å². The SMILES string of the molecule is CCCC(NCc1cc(Br)c(OCc2ccccc2Cl)c(OCC)c1)c1ccccc1. The lowest BCUT2D eigenvalue weighted by molar-refractivity contribution is 0.267. The Morgan fingerprint density at radius 3 is 2.42 bits per heavy atom. The lowest BCUT2D eigenvalue weighted by Crippen LogP contribution is -2.21. The van der Waals surface area contributed by atoms with Gasteiger partial charge >= 0.3 is 0 Å². The molecule has 1 N–H and O–H groups in total. The van der Waals surface area contributed by atoms with E-state index in [0.29, 0.717) is 30.0 Å². The summed E-state index contributed by atoms with van der Waals surface area (Å²) in [4.78, 5) is 0. The minimum atomic E-state index is 0.316. The molecule has 0 fully saturated rings. The van der Waals surface area contributed by atoms with Crippen molar-refractivity contribution in [2.45, 2.75) is 45.9 Å². The maximum absolute atomic E-state index is 6.27. The molecule has 0 aliphatic carbocycles. The molecule has 0 aliphatic rings. The van der Waals surface area contributed by atoms with Crippen LogP contribution in [0.25, 0.3) is 0 Å². The Morgan fingerprint density at radius 1 is 0.968 bits per heavy atom. The van der Waals surface area contributed by atoms with Crippen molar-refractivity contribution in [1.82, 2.24) is 5.32 Å². The van der Waals surface area contributed by atoms with Crippen LogP contribution in [0.15, 0.2) is 71.2 Å². The lowest BCUT2D eigenvalue weighted by atomic mass is 10.0. The van der Waals surface area contributed by atoms with Gasteiger partial charge in [0.15, 0.2) is 11.5 Å². The molecule has 31 heavy (non-hydrogen) atoms. The van der Waals surface area contributed by atoms with Crippen LogP contribution in [0.2, 0.25) is 5.02 Å². The number of nitrogens with one attached hydrogen (secondary N) is 1. The third-order valence-corrected chi connectivity index (χ3v) is 5.99. The third-order valence-electron chi connectivity index (χ3n) is 5.03. The summed E-state index contributed by atoms with van der Waals surface area (Å²) in [6, 6.07) is 22.8. The van der Waals surface area contributed by atoms with Gasteiger partial charge < -0.3 is 14.8 Å². The summed E-state index contributed by atoms with van der Waals surface area (Å²) in [6.45, 7) is 5.87. The van der Waals surface area contributed by atoms with E-state index in [-0.39, 0.29) is 0 Å². The second-order valence-electron chi connectivity index (χ2n) is 7.35. The number of hydrogen-bond acceptors (Lipinski definition) is 3. The topological polar surface area (TPSA) is 30.5 Å². The fourth-order valence-electron chi connectivity index (χ4n) is 3.49. The molecule has 1 atom stereocenters. The number of halogens is 2. The highest BCUT2D eigenvalue weighted by Crippen LogP contribution is 2.38. The van der Waals surface area contributed by atoms with Crippen LogP contribution in [0.5, 0.6) is 11.5 Å². The van der Waals surface area contributed by atoms with Crippen LogP contribution in [0.4, 0.5) is 0 Å². The average Bonchev–Trinajstić information content (AvgIpc) is 2.78. The van der Waals surface area contributed by atoms with Crippen molar-refractivity contribution < 1.29 is 9.47 Å². The Kier molecular flexibility index (Phi) is 9.26. The van der Waals surface area contributed by atoms with Crippen LogP contribution in [-0.4, -0.2) is 6.61 Å². The van der Waals surface area contributed by atoms with E-state index >= 15 is 0 Å². The summed E-state index contributed by atoms with van der Waals surface area (Å²) in [7, 11) is 0. The quantitative estimate of drug-likeness (QED) is 0.291. The molecule has 0 bridgehead atoms. The Hall–Kier alpha value is -2.01. The Bertz CT molecular complexity index is 965. The monoisotopic (exact) mass is 501 g/mol. The minimum Gasteiger partial charge on any atom is -0.490 e. The van der Waals surface area contributed by atoms with Crippen molar-refractivity contribution in [2.24, 2.45) is 0 Å². The van der Waals surface area contributed by atoms with E-state index in [4.69, 9.17) is 21.1 Å². The maximum atomic E-state index is 6.27. The minimum absolute atomic E-state index is 0.316. The van der Waals surface area contributed by atoms with Gasteiger partial charge in [-0.05, 0) is 58.6 Å². The van der Waals surface area contributed by atoms with Gasteiger partial charge in [-0.2, -0.15) is 0 Å². The summed E-state index contributed by atoms with van der Waals surface area (Å²) >= 11 is 9.95. The largest absolute Gasteiger partial charge is 0.490 e. The van der Waals surface area contributed by atoms with Gasteiger partial charge in [0.2, 0.25) is 0 Å². The zero-order chi connectivity index (χ0) is 22.1. The molecule has 164 valence electrons. The van der Waals surface area contributed by atoms with Gasteiger partial charge in [0.25, 0.3) is 0 Å². The van der Waals surface area contributed by atoms with Crippen molar-refractivity contribution in [3.05, 3.63) is 92.9 Å². The molecule has 0 saturated carbocycles. The highest BCUT2D eigenvalue weighted by Gasteiger charge is 2.15. The molecule has 3 aromatic rings. The van der Waals surface area contributed by atoms with Crippen molar-refractivity contribution in [3.8, 4) is 11.5 Å². The van der Waals surface area contributed by atoms with Crippen LogP contribution in [0, 0.1) is 0 Å². The number of benzene rings is 3. The van der Waals surface area contributed by atoms with Gasteiger partial charge in [-0.15, -0.1) is 0 Å². The van der Waals surface area contributed by atoms with Crippen LogP contribution in [-0.2, 0) is 13.2 Å². The van der Waals surface area contributed by atoms with E-state index in [1.807, 2.05) is 31.2 Å². The molecule has 0 spiro atoms. The van der Waals surface area contributed by atoms with Crippen molar-refractivity contribution in [2.75, 3.05) is 6.61 Å². The average molecular weight is 503 g/mol. The zero-order valence-electron chi connectivity index (χ0n) is 18.0. The number of ether oxygens (including phenoxy) is 2. The van der Waals surface area contributed by atoms with Crippen LogP contribution < -0.4 is 14.8 Å². The van der Waals surface area contributed by atoms with Crippen molar-refractivity contribution in [1.29, 1.82) is 0 Å². The Labute approximate surface area is 198 Å². The van der Waals surface area contributed by atoms with E-state index in [1.165, 1.54) is 5.56 Å². The summed E-state index contributed by atoms with van der Waals surface area (Å²) < 4.78 is 12.9. The molecular formula is C26H29BrClNO2. The molecular weight excluding hydrogens is 474 g/mol.